The Kier molecular flexibility index (Phi) is 1.49. The van der Waals surface area contributed by atoms with Crippen LogP contribution in [0.2, 0.25) is 0 Å². The molecule has 0 aliphatic carbocycles. The van der Waals surface area contributed by atoms with Gasteiger partial charge in [0.2, 0.25) is 0 Å². The number of aryl methyl sites for hydroxylation is 1. The molecule has 0 radical (unpaired) electrons. The number of fused-ring (bicyclic) bond motifs is 1. The fourth-order valence-electron chi connectivity index (χ4n) is 1.70. The Morgan fingerprint density at radius 3 is 3.14 bits per heavy atom. The first-order valence-corrected chi connectivity index (χ1v) is 4.55. The number of H-pyrrole nitrogens is 1. The van der Waals surface area contributed by atoms with Gasteiger partial charge in [-0.15, -0.1) is 0 Å². The number of hydrogen-bond donors (Lipinski definition) is 2. The normalized spacial score (nSPS) is 14.6. The van der Waals surface area contributed by atoms with Gasteiger partial charge in [-0.05, 0) is 13.0 Å². The van der Waals surface area contributed by atoms with Crippen LogP contribution in [0.15, 0.2) is 10.6 Å². The van der Waals surface area contributed by atoms with E-state index >= 15 is 0 Å². The van der Waals surface area contributed by atoms with Crippen molar-refractivity contribution in [3.05, 3.63) is 23.0 Å². The van der Waals surface area contributed by atoms with E-state index in [2.05, 4.69) is 20.7 Å². The van der Waals surface area contributed by atoms with Gasteiger partial charge in [-0.1, -0.05) is 5.16 Å². The monoisotopic (exact) mass is 190 g/mol. The van der Waals surface area contributed by atoms with Gasteiger partial charge in [0.25, 0.3) is 0 Å². The molecular weight excluding hydrogens is 180 g/mol. The van der Waals surface area contributed by atoms with E-state index in [0.29, 0.717) is 0 Å². The van der Waals surface area contributed by atoms with Crippen LogP contribution in [0.25, 0.3) is 11.5 Å². The first kappa shape index (κ1) is 7.75. The molecular formula is C9H10N4O. The molecule has 5 heteroatoms. The molecule has 0 atom stereocenters. The van der Waals surface area contributed by atoms with Crippen LogP contribution in [0.4, 0.5) is 0 Å². The second kappa shape index (κ2) is 2.68. The van der Waals surface area contributed by atoms with Crippen molar-refractivity contribution in [2.75, 3.05) is 0 Å². The topological polar surface area (TPSA) is 66.7 Å². The van der Waals surface area contributed by atoms with E-state index in [4.69, 9.17) is 4.52 Å². The molecule has 0 spiro atoms. The molecule has 0 bridgehead atoms. The van der Waals surface area contributed by atoms with Crippen molar-refractivity contribution < 1.29 is 4.52 Å². The molecule has 0 saturated carbocycles. The summed E-state index contributed by atoms with van der Waals surface area (Å²) >= 11 is 0. The third-order valence-electron chi connectivity index (χ3n) is 2.40. The molecule has 0 saturated heterocycles. The second-order valence-electron chi connectivity index (χ2n) is 3.48. The van der Waals surface area contributed by atoms with Crippen LogP contribution < -0.4 is 5.32 Å². The van der Waals surface area contributed by atoms with Crippen molar-refractivity contribution in [2.24, 2.45) is 0 Å². The van der Waals surface area contributed by atoms with Crippen LogP contribution in [-0.4, -0.2) is 15.4 Å². The Hall–Kier alpha value is -1.62. The smallest absolute Gasteiger partial charge is 0.191 e. The average molecular weight is 190 g/mol. The lowest BCUT2D eigenvalue weighted by Gasteiger charge is -1.91. The van der Waals surface area contributed by atoms with Gasteiger partial charge in [0.05, 0.1) is 0 Å². The van der Waals surface area contributed by atoms with E-state index in [1.54, 1.807) is 0 Å². The highest BCUT2D eigenvalue weighted by Crippen LogP contribution is 2.27. The summed E-state index contributed by atoms with van der Waals surface area (Å²) in [4.78, 5) is 0. The van der Waals surface area contributed by atoms with Gasteiger partial charge in [0, 0.05) is 24.3 Å². The van der Waals surface area contributed by atoms with Crippen LogP contribution in [0, 0.1) is 6.92 Å². The van der Waals surface area contributed by atoms with Crippen molar-refractivity contribution in [3.8, 4) is 11.5 Å². The molecule has 3 rings (SSSR count). The van der Waals surface area contributed by atoms with Gasteiger partial charge in [0.15, 0.2) is 5.76 Å². The van der Waals surface area contributed by atoms with Gasteiger partial charge in [-0.3, -0.25) is 5.10 Å². The minimum atomic E-state index is 0.786. The van der Waals surface area contributed by atoms with Crippen molar-refractivity contribution in [3.63, 3.8) is 0 Å². The predicted molar refractivity (Wildman–Crippen MR) is 49.4 cm³/mol. The minimum Gasteiger partial charge on any atom is -0.354 e. The molecule has 5 nitrogen and oxygen atoms in total. The summed E-state index contributed by atoms with van der Waals surface area (Å²) in [5.74, 6) is 0.786. The standard InChI is InChI=1S/C9H10N4O/c1-5-2-7(12-11-5)9-6-3-10-4-8(6)13-14-9/h2,10H,3-4H2,1H3,(H,11,12). The van der Waals surface area contributed by atoms with Gasteiger partial charge in [-0.25, -0.2) is 0 Å². The molecule has 1 aliphatic heterocycles. The molecule has 0 amide bonds. The zero-order valence-electron chi connectivity index (χ0n) is 7.79. The van der Waals surface area contributed by atoms with Crippen molar-refractivity contribution in [1.29, 1.82) is 0 Å². The van der Waals surface area contributed by atoms with Crippen molar-refractivity contribution >= 4 is 0 Å². The number of nitrogens with one attached hydrogen (secondary N) is 2. The highest BCUT2D eigenvalue weighted by Gasteiger charge is 2.22. The molecule has 72 valence electrons. The minimum absolute atomic E-state index is 0.786. The quantitative estimate of drug-likeness (QED) is 0.703. The Morgan fingerprint density at radius 2 is 2.36 bits per heavy atom. The SMILES string of the molecule is Cc1cc(-c2onc3c2CNC3)n[nH]1. The first-order chi connectivity index (χ1) is 6.84. The molecule has 14 heavy (non-hydrogen) atoms. The molecule has 0 fully saturated rings. The van der Waals surface area contributed by atoms with Crippen molar-refractivity contribution in [1.82, 2.24) is 20.7 Å². The lowest BCUT2D eigenvalue weighted by molar-refractivity contribution is 0.416. The maximum absolute atomic E-state index is 5.26. The van der Waals surface area contributed by atoms with Crippen LogP contribution >= 0.6 is 0 Å². The van der Waals surface area contributed by atoms with Crippen LogP contribution in [0.3, 0.4) is 0 Å². The van der Waals surface area contributed by atoms with Gasteiger partial charge in [0.1, 0.15) is 11.4 Å². The number of hydrogen-bond acceptors (Lipinski definition) is 4. The van der Waals surface area contributed by atoms with E-state index in [-0.39, 0.29) is 0 Å². The molecule has 2 N–H and O–H groups in total. The Bertz CT molecular complexity index is 471. The molecule has 1 aliphatic rings. The third-order valence-corrected chi connectivity index (χ3v) is 2.40. The largest absolute Gasteiger partial charge is 0.354 e. The average Bonchev–Trinajstić information content (AvgIpc) is 2.77. The summed E-state index contributed by atoms with van der Waals surface area (Å²) < 4.78 is 5.26. The van der Waals surface area contributed by atoms with E-state index in [1.165, 1.54) is 0 Å². The lowest BCUT2D eigenvalue weighted by Crippen LogP contribution is -2.01. The van der Waals surface area contributed by atoms with Crippen LogP contribution in [0.1, 0.15) is 17.0 Å². The van der Waals surface area contributed by atoms with Crippen LogP contribution in [0.5, 0.6) is 0 Å². The van der Waals surface area contributed by atoms with Crippen LogP contribution in [-0.2, 0) is 13.1 Å². The van der Waals surface area contributed by atoms with Gasteiger partial charge in [-0.2, -0.15) is 5.10 Å². The van der Waals surface area contributed by atoms with E-state index < -0.39 is 0 Å². The first-order valence-electron chi connectivity index (χ1n) is 4.55. The summed E-state index contributed by atoms with van der Waals surface area (Å²) in [7, 11) is 0. The Balaban J connectivity index is 2.12. The highest BCUT2D eigenvalue weighted by atomic mass is 16.5. The van der Waals surface area contributed by atoms with Crippen molar-refractivity contribution in [2.45, 2.75) is 20.0 Å². The van der Waals surface area contributed by atoms with E-state index in [1.807, 2.05) is 13.0 Å². The van der Waals surface area contributed by atoms with E-state index in [9.17, 15) is 0 Å². The maximum atomic E-state index is 5.26. The van der Waals surface area contributed by atoms with E-state index in [0.717, 1.165) is 41.5 Å². The summed E-state index contributed by atoms with van der Waals surface area (Å²) in [6.07, 6.45) is 0. The molecule has 0 unspecified atom stereocenters. The molecule has 0 aromatic carbocycles. The Morgan fingerprint density at radius 1 is 1.43 bits per heavy atom. The summed E-state index contributed by atoms with van der Waals surface area (Å²) in [6.45, 7) is 3.58. The number of nitrogens with zero attached hydrogens (tertiary/aromatic N) is 2. The number of aromatic amines is 1. The molecule has 2 aromatic rings. The fourth-order valence-corrected chi connectivity index (χ4v) is 1.70. The summed E-state index contributed by atoms with van der Waals surface area (Å²) in [6, 6.07) is 1.96. The van der Waals surface area contributed by atoms with Gasteiger partial charge < -0.3 is 9.84 Å². The zero-order chi connectivity index (χ0) is 9.54. The predicted octanol–water partition coefficient (Wildman–Crippen LogP) is 0.976. The third kappa shape index (κ3) is 0.990. The molecule has 2 aromatic heterocycles. The summed E-state index contributed by atoms with van der Waals surface area (Å²) in [5, 5.41) is 14.3. The fraction of sp³-hybridized carbons (Fsp3) is 0.333. The summed E-state index contributed by atoms with van der Waals surface area (Å²) in [5.41, 5.74) is 3.99. The number of aromatic nitrogens is 3. The zero-order valence-corrected chi connectivity index (χ0v) is 7.79. The van der Waals surface area contributed by atoms with Gasteiger partial charge >= 0.3 is 0 Å². The molecule has 3 heterocycles. The second-order valence-corrected chi connectivity index (χ2v) is 3.48. The Labute approximate surface area is 80.5 Å². The highest BCUT2D eigenvalue weighted by molar-refractivity contribution is 5.58. The maximum Gasteiger partial charge on any atom is 0.191 e. The number of rotatable bonds is 1. The lowest BCUT2D eigenvalue weighted by atomic mass is 10.2.